The highest BCUT2D eigenvalue weighted by atomic mass is 35.5. The van der Waals surface area contributed by atoms with Gasteiger partial charge in [0.05, 0.1) is 12.2 Å². The maximum Gasteiger partial charge on any atom is 0.164 e. The minimum atomic E-state index is -1.53. The summed E-state index contributed by atoms with van der Waals surface area (Å²) < 4.78 is 7.48. The molecule has 0 amide bonds. The lowest BCUT2D eigenvalue weighted by atomic mass is 9.94. The van der Waals surface area contributed by atoms with Gasteiger partial charge in [0.1, 0.15) is 35.1 Å². The molecule has 1 aliphatic carbocycles. The summed E-state index contributed by atoms with van der Waals surface area (Å²) in [6.45, 7) is -0.537. The zero-order valence-electron chi connectivity index (χ0n) is 15.9. The summed E-state index contributed by atoms with van der Waals surface area (Å²) >= 11 is 11.7. The van der Waals surface area contributed by atoms with Gasteiger partial charge < -0.3 is 29.7 Å². The lowest BCUT2D eigenvalue weighted by Gasteiger charge is -2.41. The number of fused-ring (bicyclic) bond motifs is 1. The second kappa shape index (κ2) is 8.36. The lowest BCUT2D eigenvalue weighted by molar-refractivity contribution is -0.252. The summed E-state index contributed by atoms with van der Waals surface area (Å²) in [4.78, 5) is 0. The molecule has 1 aromatic heterocycles. The first-order valence-corrected chi connectivity index (χ1v) is 10.4. The molecular weight excluding hydrogens is 428 g/mol. The van der Waals surface area contributed by atoms with E-state index in [0.717, 1.165) is 35.2 Å². The summed E-state index contributed by atoms with van der Waals surface area (Å²) in [6, 6.07) is 9.37. The van der Waals surface area contributed by atoms with Crippen molar-refractivity contribution in [1.29, 1.82) is 5.26 Å². The predicted molar refractivity (Wildman–Crippen MR) is 111 cm³/mol. The normalized spacial score (nSPS) is 28.2. The van der Waals surface area contributed by atoms with Crippen molar-refractivity contribution in [3.63, 3.8) is 0 Å². The van der Waals surface area contributed by atoms with Crippen LogP contribution in [0.3, 0.4) is 0 Å². The third-order valence-corrected chi connectivity index (χ3v) is 6.48. The minimum absolute atomic E-state index is 0.174. The summed E-state index contributed by atoms with van der Waals surface area (Å²) in [5, 5.41) is 51.0. The molecule has 1 fully saturated rings. The number of benzene rings is 1. The van der Waals surface area contributed by atoms with Crippen molar-refractivity contribution in [3.8, 4) is 17.2 Å². The zero-order chi connectivity index (χ0) is 21.6. The molecule has 4 N–H and O–H groups in total. The molecule has 2 heterocycles. The quantitative estimate of drug-likeness (QED) is 0.529. The molecule has 0 saturated carbocycles. The summed E-state index contributed by atoms with van der Waals surface area (Å²) in [5.74, 6) is 0. The van der Waals surface area contributed by atoms with Crippen LogP contribution in [-0.2, 0) is 17.6 Å². The van der Waals surface area contributed by atoms with Crippen molar-refractivity contribution >= 4 is 23.8 Å². The highest BCUT2D eigenvalue weighted by molar-refractivity contribution is 7.71. The number of nitriles is 1. The standard InChI is InChI=1S/C21H21ClN2O5S/c22-11-6-4-10(5-7-11)16-12-2-1-3-14(12)24(21(30)13(16)8-23)20-19(28)18(27)17(26)15(9-25)29-20/h4-7,15,17-20,25-28H,1-3,9H2/t15-,17-,18+,19-,20-/m1/s1. The van der Waals surface area contributed by atoms with Gasteiger partial charge >= 0.3 is 0 Å². The van der Waals surface area contributed by atoms with Gasteiger partial charge in [-0.1, -0.05) is 36.0 Å². The molecule has 1 aromatic carbocycles. The van der Waals surface area contributed by atoms with Gasteiger partial charge in [-0.2, -0.15) is 5.26 Å². The van der Waals surface area contributed by atoms with E-state index < -0.39 is 37.3 Å². The topological polar surface area (TPSA) is 119 Å². The first-order chi connectivity index (χ1) is 14.4. The molecule has 2 aromatic rings. The van der Waals surface area contributed by atoms with E-state index in [1.807, 2.05) is 12.1 Å². The van der Waals surface area contributed by atoms with Crippen LogP contribution in [0.5, 0.6) is 0 Å². The van der Waals surface area contributed by atoms with Crippen LogP contribution >= 0.6 is 23.8 Å². The Bertz CT molecular complexity index is 1060. The molecule has 4 rings (SSSR count). The van der Waals surface area contributed by atoms with E-state index in [1.165, 1.54) is 0 Å². The van der Waals surface area contributed by atoms with Gasteiger partial charge in [0, 0.05) is 16.3 Å². The Hall–Kier alpha value is -1.83. The molecule has 9 heteroatoms. The SMILES string of the molecule is N#Cc1c(-c2ccc(Cl)cc2)c2c(n([C@@H]3O[C@H](CO)[C@@H](O)[C@H](O)[C@H]3O)c1=S)CCC2. The molecule has 158 valence electrons. The summed E-state index contributed by atoms with van der Waals surface area (Å²) in [7, 11) is 0. The molecule has 0 radical (unpaired) electrons. The van der Waals surface area contributed by atoms with Gasteiger partial charge in [-0.15, -0.1) is 0 Å². The van der Waals surface area contributed by atoms with E-state index >= 15 is 0 Å². The van der Waals surface area contributed by atoms with Gasteiger partial charge in [0.15, 0.2) is 6.23 Å². The average Bonchev–Trinajstić information content (AvgIpc) is 3.22. The molecular formula is C21H21ClN2O5S. The molecule has 30 heavy (non-hydrogen) atoms. The van der Waals surface area contributed by atoms with Crippen molar-refractivity contribution in [3.05, 3.63) is 50.7 Å². The van der Waals surface area contributed by atoms with Gasteiger partial charge in [0.2, 0.25) is 0 Å². The Morgan fingerprint density at radius 3 is 2.47 bits per heavy atom. The highest BCUT2D eigenvalue weighted by Gasteiger charge is 2.45. The van der Waals surface area contributed by atoms with E-state index in [9.17, 15) is 25.7 Å². The third kappa shape index (κ3) is 3.37. The molecule has 5 atom stereocenters. The van der Waals surface area contributed by atoms with Crippen molar-refractivity contribution < 1.29 is 25.2 Å². The van der Waals surface area contributed by atoms with Crippen LogP contribution < -0.4 is 0 Å². The zero-order valence-corrected chi connectivity index (χ0v) is 17.5. The number of rotatable bonds is 3. The van der Waals surface area contributed by atoms with Crippen molar-refractivity contribution in [2.75, 3.05) is 6.61 Å². The maximum atomic E-state index is 10.6. The first kappa shape index (κ1) is 21.4. The van der Waals surface area contributed by atoms with Gasteiger partial charge in [-0.3, -0.25) is 0 Å². The Kier molecular flexibility index (Phi) is 5.97. The van der Waals surface area contributed by atoms with Crippen LogP contribution in [0.1, 0.15) is 29.5 Å². The number of pyridine rings is 1. The second-order valence-electron chi connectivity index (χ2n) is 7.54. The van der Waals surface area contributed by atoms with Crippen LogP contribution in [0.4, 0.5) is 0 Å². The fraction of sp³-hybridized carbons (Fsp3) is 0.429. The first-order valence-electron chi connectivity index (χ1n) is 9.65. The van der Waals surface area contributed by atoms with Crippen molar-refractivity contribution in [2.24, 2.45) is 0 Å². The van der Waals surface area contributed by atoms with E-state index in [-0.39, 0.29) is 10.2 Å². The summed E-state index contributed by atoms with van der Waals surface area (Å²) in [5.41, 5.74) is 3.58. The van der Waals surface area contributed by atoms with E-state index in [4.69, 9.17) is 28.6 Å². The Balaban J connectivity index is 1.93. The molecule has 1 saturated heterocycles. The van der Waals surface area contributed by atoms with Gasteiger partial charge in [-0.05, 0) is 42.5 Å². The van der Waals surface area contributed by atoms with E-state index in [0.29, 0.717) is 11.4 Å². The number of aromatic nitrogens is 1. The Morgan fingerprint density at radius 1 is 1.13 bits per heavy atom. The van der Waals surface area contributed by atoms with Crippen LogP contribution in [-0.4, -0.2) is 56.0 Å². The van der Waals surface area contributed by atoms with E-state index in [2.05, 4.69) is 6.07 Å². The molecule has 2 aliphatic rings. The highest BCUT2D eigenvalue weighted by Crippen LogP contribution is 2.40. The molecule has 7 nitrogen and oxygen atoms in total. The van der Waals surface area contributed by atoms with Crippen LogP contribution in [0.2, 0.25) is 5.02 Å². The summed E-state index contributed by atoms with van der Waals surface area (Å²) in [6.07, 6.45) is -4.47. The average molecular weight is 449 g/mol. The third-order valence-electron chi connectivity index (χ3n) is 5.83. The van der Waals surface area contributed by atoms with Crippen LogP contribution in [0.15, 0.2) is 24.3 Å². The van der Waals surface area contributed by atoms with Gasteiger partial charge in [-0.25, -0.2) is 0 Å². The second-order valence-corrected chi connectivity index (χ2v) is 8.37. The number of ether oxygens (including phenoxy) is 1. The molecule has 0 spiro atoms. The maximum absolute atomic E-state index is 10.6. The molecule has 0 unspecified atom stereocenters. The number of nitrogens with zero attached hydrogens (tertiary/aromatic N) is 2. The minimum Gasteiger partial charge on any atom is -0.394 e. The fourth-order valence-corrected chi connectivity index (χ4v) is 4.85. The number of halogens is 1. The number of hydrogen-bond donors (Lipinski definition) is 4. The van der Waals surface area contributed by atoms with E-state index in [1.54, 1.807) is 16.7 Å². The van der Waals surface area contributed by atoms with Crippen molar-refractivity contribution in [1.82, 2.24) is 4.57 Å². The largest absolute Gasteiger partial charge is 0.394 e. The number of aliphatic hydroxyl groups excluding tert-OH is 4. The van der Waals surface area contributed by atoms with Crippen LogP contribution in [0, 0.1) is 16.0 Å². The molecule has 0 bridgehead atoms. The lowest BCUT2D eigenvalue weighted by Crippen LogP contribution is -2.56. The fourth-order valence-electron chi connectivity index (χ4n) is 4.37. The van der Waals surface area contributed by atoms with Crippen molar-refractivity contribution in [2.45, 2.75) is 49.9 Å². The molecule has 1 aliphatic heterocycles. The smallest absolute Gasteiger partial charge is 0.164 e. The Morgan fingerprint density at radius 2 is 1.83 bits per heavy atom. The van der Waals surface area contributed by atoms with Gasteiger partial charge in [0.25, 0.3) is 0 Å². The van der Waals surface area contributed by atoms with Crippen LogP contribution in [0.25, 0.3) is 11.1 Å². The Labute approximate surface area is 183 Å². The number of hydrogen-bond acceptors (Lipinski definition) is 7. The number of aliphatic hydroxyl groups is 4. The monoisotopic (exact) mass is 448 g/mol. The predicted octanol–water partition coefficient (Wildman–Crippen LogP) is 1.87.